The molecular weight excluding hydrogens is 557 g/mol. The van der Waals surface area contributed by atoms with Gasteiger partial charge in [-0.25, -0.2) is 4.98 Å². The van der Waals surface area contributed by atoms with Crippen LogP contribution in [0.25, 0.3) is 0 Å². The molecule has 1 atom stereocenters. The molecule has 9 nitrogen and oxygen atoms in total. The zero-order chi connectivity index (χ0) is 27.7. The number of ketones is 1. The summed E-state index contributed by atoms with van der Waals surface area (Å²) in [5, 5.41) is 20.6. The first-order valence-corrected chi connectivity index (χ1v) is 14.4. The molecule has 0 saturated heterocycles. The summed E-state index contributed by atoms with van der Waals surface area (Å²) in [5.41, 5.74) is 2.04. The molecule has 5 rings (SSSR count). The molecule has 2 aromatic heterocycles. The van der Waals surface area contributed by atoms with Crippen molar-refractivity contribution in [1.29, 1.82) is 0 Å². The highest BCUT2D eigenvalue weighted by Gasteiger charge is 2.48. The quantitative estimate of drug-likeness (QED) is 0.151. The van der Waals surface area contributed by atoms with Crippen molar-refractivity contribution in [2.24, 2.45) is 0 Å². The standard InChI is InChI=1S/C27H24N4O5S3/c1-14-24(38-15(2)28-14)22(32)20-21(18-12-17(35-3)10-11-19(18)36-4)31(25(34)23(20)33)26-29-30-27(39-26)37-13-16-8-6-5-7-9-16/h5-12,21,33H,13H2,1-4H3. The lowest BCUT2D eigenvalue weighted by molar-refractivity contribution is -0.117. The predicted octanol–water partition coefficient (Wildman–Crippen LogP) is 5.70. The lowest BCUT2D eigenvalue weighted by Crippen LogP contribution is -2.31. The van der Waals surface area contributed by atoms with Crippen LogP contribution in [-0.4, -0.2) is 46.2 Å². The lowest BCUT2D eigenvalue weighted by atomic mass is 9.94. The van der Waals surface area contributed by atoms with E-state index in [0.29, 0.717) is 42.7 Å². The Labute approximate surface area is 237 Å². The van der Waals surface area contributed by atoms with Gasteiger partial charge in [-0.2, -0.15) is 0 Å². The number of thioether (sulfide) groups is 1. The number of carbonyl (C=O) groups excluding carboxylic acids is 2. The molecule has 3 heterocycles. The summed E-state index contributed by atoms with van der Waals surface area (Å²) >= 11 is 3.91. The van der Waals surface area contributed by atoms with Gasteiger partial charge < -0.3 is 14.6 Å². The summed E-state index contributed by atoms with van der Waals surface area (Å²) in [6, 6.07) is 14.0. The number of ether oxygens (including phenoxy) is 2. The van der Waals surface area contributed by atoms with Crippen molar-refractivity contribution in [3.63, 3.8) is 0 Å². The number of rotatable bonds is 9. The average molecular weight is 581 g/mol. The van der Waals surface area contributed by atoms with Gasteiger partial charge in [0.05, 0.1) is 35.4 Å². The Kier molecular flexibility index (Phi) is 7.69. The van der Waals surface area contributed by atoms with Gasteiger partial charge in [0.1, 0.15) is 17.5 Å². The van der Waals surface area contributed by atoms with Gasteiger partial charge in [0, 0.05) is 11.3 Å². The van der Waals surface area contributed by atoms with Crippen LogP contribution in [0.2, 0.25) is 0 Å². The SMILES string of the molecule is COc1ccc(OC)c(C2C(C(=O)c3sc(C)nc3C)=C(O)C(=O)N2c2nnc(SCc3ccccc3)s2)c1. The number of Topliss-reactive ketones (excluding diaryl/α,β-unsaturated/α-hetero) is 1. The number of aromatic nitrogens is 3. The van der Waals surface area contributed by atoms with E-state index in [1.165, 1.54) is 53.6 Å². The number of aliphatic hydroxyl groups is 1. The van der Waals surface area contributed by atoms with Crippen LogP contribution in [-0.2, 0) is 10.5 Å². The first-order valence-electron chi connectivity index (χ1n) is 11.8. The zero-order valence-corrected chi connectivity index (χ0v) is 23.9. The van der Waals surface area contributed by atoms with Gasteiger partial charge in [-0.05, 0) is 37.6 Å². The summed E-state index contributed by atoms with van der Waals surface area (Å²) in [7, 11) is 3.02. The van der Waals surface area contributed by atoms with E-state index in [1.54, 1.807) is 32.0 Å². The molecule has 1 N–H and O–H groups in total. The van der Waals surface area contributed by atoms with Crippen LogP contribution in [0.1, 0.15) is 37.5 Å². The van der Waals surface area contributed by atoms with Crippen molar-refractivity contribution in [3.8, 4) is 11.5 Å². The molecular formula is C27H24N4O5S3. The van der Waals surface area contributed by atoms with E-state index in [0.717, 1.165) is 5.56 Å². The van der Waals surface area contributed by atoms with Crippen molar-refractivity contribution in [3.05, 3.63) is 86.6 Å². The van der Waals surface area contributed by atoms with Crippen molar-refractivity contribution in [2.45, 2.75) is 30.0 Å². The van der Waals surface area contributed by atoms with E-state index in [1.807, 2.05) is 30.3 Å². The molecule has 4 aromatic rings. The second-order valence-electron chi connectivity index (χ2n) is 8.55. The maximum absolute atomic E-state index is 13.9. The molecule has 0 radical (unpaired) electrons. The fourth-order valence-corrected chi connectivity index (χ4v) is 7.02. The molecule has 0 saturated carbocycles. The third-order valence-electron chi connectivity index (χ3n) is 6.10. The second kappa shape index (κ2) is 11.2. The summed E-state index contributed by atoms with van der Waals surface area (Å²) in [6.07, 6.45) is 0. The predicted molar refractivity (Wildman–Crippen MR) is 151 cm³/mol. The van der Waals surface area contributed by atoms with Gasteiger partial charge in [-0.1, -0.05) is 53.4 Å². The number of thiazole rings is 1. The first-order chi connectivity index (χ1) is 18.8. The minimum atomic E-state index is -1.03. The molecule has 200 valence electrons. The summed E-state index contributed by atoms with van der Waals surface area (Å²) in [4.78, 5) is 33.5. The normalized spacial score (nSPS) is 15.2. The fourth-order valence-electron chi connectivity index (χ4n) is 4.32. The maximum Gasteiger partial charge on any atom is 0.296 e. The Morgan fingerprint density at radius 3 is 2.51 bits per heavy atom. The summed E-state index contributed by atoms with van der Waals surface area (Å²) in [6.45, 7) is 3.53. The fraction of sp³-hybridized carbons (Fsp3) is 0.222. The lowest BCUT2D eigenvalue weighted by Gasteiger charge is -2.25. The molecule has 1 amide bonds. The molecule has 1 aliphatic rings. The number of amides is 1. The highest BCUT2D eigenvalue weighted by atomic mass is 32.2. The Balaban J connectivity index is 1.59. The van der Waals surface area contributed by atoms with E-state index >= 15 is 0 Å². The highest BCUT2D eigenvalue weighted by Crippen LogP contribution is 2.47. The van der Waals surface area contributed by atoms with Crippen LogP contribution in [0.15, 0.2) is 64.2 Å². The average Bonchev–Trinajstić information content (AvgIpc) is 3.62. The topological polar surface area (TPSA) is 115 Å². The maximum atomic E-state index is 13.9. The monoisotopic (exact) mass is 580 g/mol. The molecule has 0 aliphatic carbocycles. The number of benzene rings is 2. The van der Waals surface area contributed by atoms with E-state index in [4.69, 9.17) is 9.47 Å². The van der Waals surface area contributed by atoms with Crippen LogP contribution in [0, 0.1) is 13.8 Å². The van der Waals surface area contributed by atoms with Crippen LogP contribution in [0.5, 0.6) is 11.5 Å². The van der Waals surface area contributed by atoms with Crippen LogP contribution < -0.4 is 14.4 Å². The molecule has 12 heteroatoms. The third kappa shape index (κ3) is 5.14. The molecule has 0 fully saturated rings. The first kappa shape index (κ1) is 26.9. The third-order valence-corrected chi connectivity index (χ3v) is 9.30. The van der Waals surface area contributed by atoms with Crippen LogP contribution >= 0.6 is 34.4 Å². The van der Waals surface area contributed by atoms with Gasteiger partial charge in [0.15, 0.2) is 10.1 Å². The Hall–Kier alpha value is -3.74. The minimum absolute atomic E-state index is 0.0769. The number of aryl methyl sites for hydroxylation is 2. The summed E-state index contributed by atoms with van der Waals surface area (Å²) in [5.74, 6) is -0.286. The van der Waals surface area contributed by atoms with Gasteiger partial charge in [0.25, 0.3) is 5.91 Å². The van der Waals surface area contributed by atoms with Crippen LogP contribution in [0.3, 0.4) is 0 Å². The van der Waals surface area contributed by atoms with Crippen molar-refractivity contribution >= 4 is 51.3 Å². The Morgan fingerprint density at radius 2 is 1.85 bits per heavy atom. The summed E-state index contributed by atoms with van der Waals surface area (Å²) < 4.78 is 11.7. The Morgan fingerprint density at radius 1 is 1.08 bits per heavy atom. The molecule has 1 unspecified atom stereocenters. The van der Waals surface area contributed by atoms with Gasteiger partial charge >= 0.3 is 0 Å². The molecule has 0 bridgehead atoms. The highest BCUT2D eigenvalue weighted by molar-refractivity contribution is 8.00. The van der Waals surface area contributed by atoms with E-state index in [-0.39, 0.29) is 10.7 Å². The van der Waals surface area contributed by atoms with E-state index in [2.05, 4.69) is 15.2 Å². The largest absolute Gasteiger partial charge is 0.503 e. The van der Waals surface area contributed by atoms with E-state index in [9.17, 15) is 14.7 Å². The van der Waals surface area contributed by atoms with Gasteiger partial charge in [-0.15, -0.1) is 21.5 Å². The molecule has 2 aromatic carbocycles. The number of carbonyl (C=O) groups is 2. The number of methoxy groups -OCH3 is 2. The van der Waals surface area contributed by atoms with Crippen molar-refractivity contribution in [2.75, 3.05) is 19.1 Å². The van der Waals surface area contributed by atoms with E-state index < -0.39 is 23.5 Å². The Bertz CT molecular complexity index is 1580. The number of hydrogen-bond acceptors (Lipinski definition) is 11. The number of aliphatic hydroxyl groups excluding tert-OH is 1. The van der Waals surface area contributed by atoms with Gasteiger partial charge in [-0.3, -0.25) is 14.5 Å². The molecule has 1 aliphatic heterocycles. The van der Waals surface area contributed by atoms with Crippen LogP contribution in [0.4, 0.5) is 5.13 Å². The number of anilines is 1. The second-order valence-corrected chi connectivity index (χ2v) is 11.9. The number of hydrogen-bond donors (Lipinski definition) is 1. The van der Waals surface area contributed by atoms with Crippen molar-refractivity contribution < 1.29 is 24.2 Å². The van der Waals surface area contributed by atoms with Crippen molar-refractivity contribution in [1.82, 2.24) is 15.2 Å². The molecule has 39 heavy (non-hydrogen) atoms. The van der Waals surface area contributed by atoms with Gasteiger partial charge in [0.2, 0.25) is 10.9 Å². The minimum Gasteiger partial charge on any atom is -0.503 e. The zero-order valence-electron chi connectivity index (χ0n) is 21.5. The smallest absolute Gasteiger partial charge is 0.296 e. The number of nitrogens with zero attached hydrogens (tertiary/aromatic N) is 4. The molecule has 0 spiro atoms.